The van der Waals surface area contributed by atoms with Gasteiger partial charge in [-0.25, -0.2) is 0 Å². The van der Waals surface area contributed by atoms with E-state index in [1.165, 1.54) is 0 Å². The molecule has 0 spiro atoms. The van der Waals surface area contributed by atoms with Gasteiger partial charge in [0.05, 0.1) is 12.6 Å². The molecule has 25 heavy (non-hydrogen) atoms. The highest BCUT2D eigenvalue weighted by Gasteiger charge is 2.25. The van der Waals surface area contributed by atoms with Gasteiger partial charge < -0.3 is 15.4 Å². The first kappa shape index (κ1) is 19.7. The summed E-state index contributed by atoms with van der Waals surface area (Å²) in [6, 6.07) is 17.5. The molecule has 2 atom stereocenters. The van der Waals surface area contributed by atoms with Gasteiger partial charge in [0.1, 0.15) is 6.10 Å². The maximum absolute atomic E-state index is 12.5. The first-order valence-corrected chi connectivity index (χ1v) is 8.53. The number of carbonyl (C=O) groups excluding carboxylic acids is 1. The lowest BCUT2D eigenvalue weighted by Crippen LogP contribution is -2.48. The van der Waals surface area contributed by atoms with Crippen molar-refractivity contribution in [2.24, 2.45) is 0 Å². The van der Waals surface area contributed by atoms with Crippen molar-refractivity contribution in [2.75, 3.05) is 19.7 Å². The second-order valence-electron chi connectivity index (χ2n) is 5.83. The van der Waals surface area contributed by atoms with Gasteiger partial charge in [0.25, 0.3) is 5.91 Å². The Labute approximate surface area is 159 Å². The first-order chi connectivity index (χ1) is 11.7. The Kier molecular flexibility index (Phi) is 7.72. The summed E-state index contributed by atoms with van der Waals surface area (Å²) in [7, 11) is 0. The molecule has 1 amide bonds. The number of rotatable bonds is 5. The number of carbonyl (C=O) groups is 1. The van der Waals surface area contributed by atoms with Crippen LogP contribution in [0.3, 0.4) is 0 Å². The fraction of sp³-hybridized carbons (Fsp3) is 0.316. The molecule has 134 valence electrons. The average molecular weight is 381 g/mol. The van der Waals surface area contributed by atoms with E-state index >= 15 is 0 Å². The molecule has 1 aliphatic rings. The second kappa shape index (κ2) is 9.78. The monoisotopic (exact) mass is 380 g/mol. The van der Waals surface area contributed by atoms with Gasteiger partial charge in [-0.05, 0) is 23.6 Å². The highest BCUT2D eigenvalue weighted by Crippen LogP contribution is 2.23. The van der Waals surface area contributed by atoms with Crippen LogP contribution in [0.15, 0.2) is 54.6 Å². The van der Waals surface area contributed by atoms with Crippen LogP contribution in [-0.2, 0) is 16.0 Å². The second-order valence-corrected chi connectivity index (χ2v) is 6.24. The molecule has 1 fully saturated rings. The molecule has 0 bridgehead atoms. The molecule has 0 aromatic heterocycles. The number of hydrogen-bond acceptors (Lipinski definition) is 3. The summed E-state index contributed by atoms with van der Waals surface area (Å²) in [6.07, 6.45) is 0.187. The Balaban J connectivity index is 0.00000225. The molecule has 4 nitrogen and oxygen atoms in total. The zero-order chi connectivity index (χ0) is 16.8. The van der Waals surface area contributed by atoms with Gasteiger partial charge in [0, 0.05) is 18.1 Å². The van der Waals surface area contributed by atoms with Crippen molar-refractivity contribution in [1.29, 1.82) is 0 Å². The highest BCUT2D eigenvalue weighted by molar-refractivity contribution is 6.31. The summed E-state index contributed by atoms with van der Waals surface area (Å²) in [6.45, 7) is 1.88. The first-order valence-electron chi connectivity index (χ1n) is 8.15. The van der Waals surface area contributed by atoms with Gasteiger partial charge in [-0.1, -0.05) is 60.1 Å². The summed E-state index contributed by atoms with van der Waals surface area (Å²) in [5.41, 5.74) is 2.06. The van der Waals surface area contributed by atoms with Crippen molar-refractivity contribution in [3.05, 3.63) is 70.7 Å². The smallest absolute Gasteiger partial charge is 0.250 e. The zero-order valence-electron chi connectivity index (χ0n) is 13.8. The van der Waals surface area contributed by atoms with E-state index in [-0.39, 0.29) is 24.4 Å². The summed E-state index contributed by atoms with van der Waals surface area (Å²) < 4.78 is 5.55. The van der Waals surface area contributed by atoms with E-state index in [0.29, 0.717) is 24.6 Å². The normalized spacial score (nSPS) is 18.0. The molecule has 3 rings (SSSR count). The van der Waals surface area contributed by atoms with Crippen LogP contribution in [0.25, 0.3) is 0 Å². The van der Waals surface area contributed by atoms with Crippen molar-refractivity contribution in [1.82, 2.24) is 10.6 Å². The van der Waals surface area contributed by atoms with Gasteiger partial charge in [0.15, 0.2) is 0 Å². The number of hydrogen-bond donors (Lipinski definition) is 2. The minimum absolute atomic E-state index is 0. The van der Waals surface area contributed by atoms with Crippen LogP contribution in [0, 0.1) is 0 Å². The van der Waals surface area contributed by atoms with Crippen LogP contribution in [0.2, 0.25) is 5.02 Å². The fourth-order valence-electron chi connectivity index (χ4n) is 2.82. The van der Waals surface area contributed by atoms with Crippen molar-refractivity contribution >= 4 is 29.9 Å². The average Bonchev–Trinajstić information content (AvgIpc) is 2.64. The highest BCUT2D eigenvalue weighted by atomic mass is 35.5. The Morgan fingerprint density at radius 1 is 1.20 bits per heavy atom. The molecule has 1 aliphatic heterocycles. The largest absolute Gasteiger partial charge is 0.366 e. The van der Waals surface area contributed by atoms with Gasteiger partial charge in [-0.3, -0.25) is 4.79 Å². The lowest BCUT2D eigenvalue weighted by atomic mass is 9.98. The van der Waals surface area contributed by atoms with E-state index in [2.05, 4.69) is 10.6 Å². The molecule has 0 aliphatic carbocycles. The minimum Gasteiger partial charge on any atom is -0.366 e. The Morgan fingerprint density at radius 2 is 1.92 bits per heavy atom. The van der Waals surface area contributed by atoms with E-state index in [4.69, 9.17) is 16.3 Å². The van der Waals surface area contributed by atoms with E-state index in [1.807, 2.05) is 54.6 Å². The van der Waals surface area contributed by atoms with Crippen molar-refractivity contribution in [3.8, 4) is 0 Å². The van der Waals surface area contributed by atoms with Crippen LogP contribution in [0.4, 0.5) is 0 Å². The summed E-state index contributed by atoms with van der Waals surface area (Å²) >= 11 is 6.29. The van der Waals surface area contributed by atoms with Crippen LogP contribution in [0.5, 0.6) is 0 Å². The van der Waals surface area contributed by atoms with Gasteiger partial charge in [-0.15, -0.1) is 12.4 Å². The molecule has 2 unspecified atom stereocenters. The standard InChI is InChI=1S/C19H21ClN2O2.ClH/c20-16-9-5-4-8-15(16)12-17(14-6-2-1-3-7-14)22-19(23)18-13-21-10-11-24-18;/h1-9,17-18,21H,10-13H2,(H,22,23);1H. The third kappa shape index (κ3) is 5.44. The lowest BCUT2D eigenvalue weighted by Gasteiger charge is -2.26. The topological polar surface area (TPSA) is 50.4 Å². The Hall–Kier alpha value is -1.59. The number of amides is 1. The van der Waals surface area contributed by atoms with E-state index in [9.17, 15) is 4.79 Å². The van der Waals surface area contributed by atoms with Crippen LogP contribution >= 0.6 is 24.0 Å². The lowest BCUT2D eigenvalue weighted by molar-refractivity contribution is -0.135. The number of benzene rings is 2. The summed E-state index contributed by atoms with van der Waals surface area (Å²) in [4.78, 5) is 12.5. The minimum atomic E-state index is -0.448. The molecule has 2 aromatic carbocycles. The van der Waals surface area contributed by atoms with Crippen molar-refractivity contribution < 1.29 is 9.53 Å². The Morgan fingerprint density at radius 3 is 2.60 bits per heavy atom. The third-order valence-electron chi connectivity index (χ3n) is 4.12. The number of nitrogens with one attached hydrogen (secondary N) is 2. The maximum Gasteiger partial charge on any atom is 0.250 e. The molecule has 2 aromatic rings. The van der Waals surface area contributed by atoms with Crippen molar-refractivity contribution in [2.45, 2.75) is 18.6 Å². The fourth-order valence-corrected chi connectivity index (χ4v) is 3.03. The summed E-state index contributed by atoms with van der Waals surface area (Å²) in [5, 5.41) is 7.01. The predicted molar refractivity (Wildman–Crippen MR) is 102 cm³/mol. The van der Waals surface area contributed by atoms with E-state index in [1.54, 1.807) is 0 Å². The molecular weight excluding hydrogens is 359 g/mol. The summed E-state index contributed by atoms with van der Waals surface area (Å²) in [5.74, 6) is -0.0943. The van der Waals surface area contributed by atoms with Crippen LogP contribution in [-0.4, -0.2) is 31.7 Å². The van der Waals surface area contributed by atoms with E-state index in [0.717, 1.165) is 17.7 Å². The number of halogens is 2. The molecule has 1 heterocycles. The molecule has 0 saturated carbocycles. The van der Waals surface area contributed by atoms with Gasteiger partial charge in [0.2, 0.25) is 0 Å². The molecule has 0 radical (unpaired) electrons. The maximum atomic E-state index is 12.5. The molecule has 6 heteroatoms. The van der Waals surface area contributed by atoms with Crippen LogP contribution in [0.1, 0.15) is 17.2 Å². The molecule has 2 N–H and O–H groups in total. The zero-order valence-corrected chi connectivity index (χ0v) is 15.4. The van der Waals surface area contributed by atoms with Crippen LogP contribution < -0.4 is 10.6 Å². The number of ether oxygens (including phenoxy) is 1. The quantitative estimate of drug-likeness (QED) is 0.837. The molecule has 1 saturated heterocycles. The Bertz CT molecular complexity index is 676. The van der Waals surface area contributed by atoms with Gasteiger partial charge >= 0.3 is 0 Å². The number of morpholine rings is 1. The predicted octanol–water partition coefficient (Wildman–Crippen LogP) is 3.15. The van der Waals surface area contributed by atoms with Crippen molar-refractivity contribution in [3.63, 3.8) is 0 Å². The molecular formula is C19H22Cl2N2O2. The van der Waals surface area contributed by atoms with Gasteiger partial charge in [-0.2, -0.15) is 0 Å². The SMILES string of the molecule is Cl.O=C(NC(Cc1ccccc1Cl)c1ccccc1)C1CNCCO1. The van der Waals surface area contributed by atoms with E-state index < -0.39 is 6.10 Å². The third-order valence-corrected chi connectivity index (χ3v) is 4.49.